The monoisotopic (exact) mass is 358 g/mol. The first-order valence-electron chi connectivity index (χ1n) is 7.06. The van der Waals surface area contributed by atoms with E-state index in [4.69, 9.17) is 5.11 Å². The number of sulfone groups is 1. The number of hydrogen-bond donors (Lipinski definition) is 2. The maximum absolute atomic E-state index is 12.1. The zero-order valence-corrected chi connectivity index (χ0v) is 14.0. The Morgan fingerprint density at radius 1 is 1.38 bits per heavy atom. The molecule has 0 aliphatic heterocycles. The average Bonchev–Trinajstić information content (AvgIpc) is 2.50. The summed E-state index contributed by atoms with van der Waals surface area (Å²) < 4.78 is 22.9. The highest BCUT2D eigenvalue weighted by Gasteiger charge is 2.23. The Morgan fingerprint density at radius 3 is 2.46 bits per heavy atom. The maximum Gasteiger partial charge on any atom is 0.326 e. The number of carbonyl (C=O) groups excluding carboxylic acids is 1. The Kier molecular flexibility index (Phi) is 6.41. The topological polar surface area (TPSA) is 144 Å². The van der Waals surface area contributed by atoms with Crippen LogP contribution >= 0.6 is 0 Å². The number of aliphatic carboxylic acids is 1. The smallest absolute Gasteiger partial charge is 0.326 e. The molecule has 0 saturated carbocycles. The van der Waals surface area contributed by atoms with Gasteiger partial charge in [0.05, 0.1) is 10.7 Å². The van der Waals surface area contributed by atoms with E-state index < -0.39 is 32.7 Å². The highest BCUT2D eigenvalue weighted by molar-refractivity contribution is 7.91. The van der Waals surface area contributed by atoms with Gasteiger partial charge in [0.1, 0.15) is 15.9 Å². The zero-order chi connectivity index (χ0) is 18.5. The zero-order valence-electron chi connectivity index (χ0n) is 13.2. The van der Waals surface area contributed by atoms with Crippen LogP contribution < -0.4 is 5.32 Å². The molecule has 2 N–H and O–H groups in total. The standard InChI is InChI=1S/C14H18N2O7S/c1-3-24(22,23)7-6-11(14(18)19)15-13(17)10-4-5-12(16(20)21)9(2)8-10/h4-5,8,11H,3,6-7H2,1-2H3,(H,15,17)(H,18,19). The molecule has 0 saturated heterocycles. The number of nitrogens with zero attached hydrogens (tertiary/aromatic N) is 1. The van der Waals surface area contributed by atoms with Crippen LogP contribution in [0.15, 0.2) is 18.2 Å². The average molecular weight is 358 g/mol. The lowest BCUT2D eigenvalue weighted by Crippen LogP contribution is -2.42. The van der Waals surface area contributed by atoms with Crippen molar-refractivity contribution in [2.75, 3.05) is 11.5 Å². The minimum atomic E-state index is -3.36. The van der Waals surface area contributed by atoms with Crippen LogP contribution in [0.1, 0.15) is 29.3 Å². The molecule has 0 radical (unpaired) electrons. The fraction of sp³-hybridized carbons (Fsp3) is 0.429. The number of nitro groups is 1. The molecule has 0 aliphatic rings. The molecule has 132 valence electrons. The van der Waals surface area contributed by atoms with Crippen LogP contribution in [0.5, 0.6) is 0 Å². The summed E-state index contributed by atoms with van der Waals surface area (Å²) in [4.78, 5) is 33.4. The van der Waals surface area contributed by atoms with Crippen molar-refractivity contribution >= 4 is 27.4 Å². The molecule has 0 heterocycles. The van der Waals surface area contributed by atoms with Gasteiger partial charge in [-0.15, -0.1) is 0 Å². The largest absolute Gasteiger partial charge is 0.480 e. The molecule has 1 aromatic carbocycles. The Morgan fingerprint density at radius 2 is 2.00 bits per heavy atom. The second kappa shape index (κ2) is 7.86. The lowest BCUT2D eigenvalue weighted by molar-refractivity contribution is -0.385. The second-order valence-corrected chi connectivity index (χ2v) is 7.62. The molecule has 1 amide bonds. The van der Waals surface area contributed by atoms with Crippen LogP contribution in [0.2, 0.25) is 0 Å². The van der Waals surface area contributed by atoms with Crippen molar-refractivity contribution in [3.8, 4) is 0 Å². The third-order valence-corrected chi connectivity index (χ3v) is 5.15. The minimum absolute atomic E-state index is 0.0581. The van der Waals surface area contributed by atoms with Gasteiger partial charge in [-0.2, -0.15) is 0 Å². The number of rotatable bonds is 8. The van der Waals surface area contributed by atoms with Crippen molar-refractivity contribution in [1.82, 2.24) is 5.32 Å². The van der Waals surface area contributed by atoms with E-state index >= 15 is 0 Å². The van der Waals surface area contributed by atoms with Gasteiger partial charge in [-0.25, -0.2) is 13.2 Å². The summed E-state index contributed by atoms with van der Waals surface area (Å²) in [5.41, 5.74) is 0.158. The van der Waals surface area contributed by atoms with Crippen LogP contribution in [0.25, 0.3) is 0 Å². The SMILES string of the molecule is CCS(=O)(=O)CCC(NC(=O)c1ccc([N+](=O)[O-])c(C)c1)C(=O)O. The number of aryl methyl sites for hydroxylation is 1. The molecule has 0 aromatic heterocycles. The van der Waals surface area contributed by atoms with Crippen LogP contribution in [0, 0.1) is 17.0 Å². The number of hydrogen-bond acceptors (Lipinski definition) is 6. The van der Waals surface area contributed by atoms with E-state index in [9.17, 15) is 28.1 Å². The molecule has 0 bridgehead atoms. The number of carbonyl (C=O) groups is 2. The van der Waals surface area contributed by atoms with E-state index in [1.807, 2.05) is 0 Å². The Balaban J connectivity index is 2.88. The molecular weight excluding hydrogens is 340 g/mol. The van der Waals surface area contributed by atoms with Crippen LogP contribution in [-0.2, 0) is 14.6 Å². The van der Waals surface area contributed by atoms with Crippen LogP contribution in [-0.4, -0.2) is 47.9 Å². The third-order valence-electron chi connectivity index (χ3n) is 3.42. The summed E-state index contributed by atoms with van der Waals surface area (Å²) in [7, 11) is -3.36. The number of nitrogens with one attached hydrogen (secondary N) is 1. The number of nitro benzene ring substituents is 1. The van der Waals surface area contributed by atoms with E-state index in [1.54, 1.807) is 0 Å². The molecule has 1 rings (SSSR count). The first kappa shape index (κ1) is 19.6. The molecular formula is C14H18N2O7S. The maximum atomic E-state index is 12.1. The molecule has 0 fully saturated rings. The first-order valence-corrected chi connectivity index (χ1v) is 8.88. The third kappa shape index (κ3) is 5.30. The van der Waals surface area contributed by atoms with Gasteiger partial charge in [-0.05, 0) is 25.5 Å². The molecule has 1 atom stereocenters. The fourth-order valence-electron chi connectivity index (χ4n) is 1.94. The van der Waals surface area contributed by atoms with Gasteiger partial charge in [0, 0.05) is 22.9 Å². The van der Waals surface area contributed by atoms with Gasteiger partial charge in [-0.3, -0.25) is 14.9 Å². The van der Waals surface area contributed by atoms with Gasteiger partial charge in [0.25, 0.3) is 11.6 Å². The van der Waals surface area contributed by atoms with Gasteiger partial charge < -0.3 is 10.4 Å². The van der Waals surface area contributed by atoms with Crippen molar-refractivity contribution in [2.24, 2.45) is 0 Å². The molecule has 1 unspecified atom stereocenters. The summed E-state index contributed by atoms with van der Waals surface area (Å²) in [5.74, 6) is -2.57. The van der Waals surface area contributed by atoms with E-state index in [0.717, 1.165) is 6.07 Å². The predicted octanol–water partition coefficient (Wildman–Crippen LogP) is 0.911. The van der Waals surface area contributed by atoms with E-state index in [2.05, 4.69) is 5.32 Å². The van der Waals surface area contributed by atoms with Crippen molar-refractivity contribution in [2.45, 2.75) is 26.3 Å². The van der Waals surface area contributed by atoms with Gasteiger partial charge >= 0.3 is 5.97 Å². The summed E-state index contributed by atoms with van der Waals surface area (Å²) >= 11 is 0. The normalized spacial score (nSPS) is 12.4. The highest BCUT2D eigenvalue weighted by Crippen LogP contribution is 2.18. The molecule has 9 nitrogen and oxygen atoms in total. The highest BCUT2D eigenvalue weighted by atomic mass is 32.2. The summed E-state index contributed by atoms with van der Waals surface area (Å²) in [5, 5.41) is 22.1. The summed E-state index contributed by atoms with van der Waals surface area (Å²) in [6, 6.07) is 2.27. The van der Waals surface area contributed by atoms with Crippen molar-refractivity contribution in [1.29, 1.82) is 0 Å². The van der Waals surface area contributed by atoms with Crippen molar-refractivity contribution in [3.05, 3.63) is 39.4 Å². The Labute approximate surface area is 138 Å². The van der Waals surface area contributed by atoms with E-state index in [1.165, 1.54) is 26.0 Å². The molecule has 0 spiro atoms. The number of carboxylic acid groups (broad SMARTS) is 1. The van der Waals surface area contributed by atoms with Crippen LogP contribution in [0.4, 0.5) is 5.69 Å². The van der Waals surface area contributed by atoms with Crippen LogP contribution in [0.3, 0.4) is 0 Å². The Hall–Kier alpha value is -2.49. The minimum Gasteiger partial charge on any atom is -0.480 e. The number of carboxylic acids is 1. The number of benzene rings is 1. The molecule has 1 aromatic rings. The second-order valence-electron chi connectivity index (χ2n) is 5.15. The summed E-state index contributed by atoms with van der Waals surface area (Å²) in [6.07, 6.45) is -0.261. The lowest BCUT2D eigenvalue weighted by atomic mass is 10.1. The van der Waals surface area contributed by atoms with Crippen molar-refractivity contribution < 1.29 is 28.0 Å². The summed E-state index contributed by atoms with van der Waals surface area (Å²) in [6.45, 7) is 2.90. The molecule has 24 heavy (non-hydrogen) atoms. The lowest BCUT2D eigenvalue weighted by Gasteiger charge is -2.14. The molecule has 10 heteroatoms. The predicted molar refractivity (Wildman–Crippen MR) is 85.7 cm³/mol. The Bertz CT molecular complexity index is 758. The van der Waals surface area contributed by atoms with Gasteiger partial charge in [0.15, 0.2) is 0 Å². The van der Waals surface area contributed by atoms with E-state index in [0.29, 0.717) is 0 Å². The molecule has 0 aliphatic carbocycles. The van der Waals surface area contributed by atoms with Gasteiger partial charge in [0.2, 0.25) is 0 Å². The first-order chi connectivity index (χ1) is 11.1. The van der Waals surface area contributed by atoms with Crippen molar-refractivity contribution in [3.63, 3.8) is 0 Å². The quantitative estimate of drug-likeness (QED) is 0.519. The fourth-order valence-corrected chi connectivity index (χ4v) is 2.83. The number of amides is 1. The van der Waals surface area contributed by atoms with E-state index in [-0.39, 0.29) is 34.7 Å². The van der Waals surface area contributed by atoms with Gasteiger partial charge in [-0.1, -0.05) is 6.92 Å².